The lowest BCUT2D eigenvalue weighted by atomic mass is 9.83. The molecule has 0 atom stereocenters. The lowest BCUT2D eigenvalue weighted by Crippen LogP contribution is -2.24. The van der Waals surface area contributed by atoms with Crippen molar-refractivity contribution in [2.45, 2.75) is 19.3 Å². The Bertz CT molecular complexity index is 2400. The molecule has 8 aromatic rings. The zero-order chi connectivity index (χ0) is 39.5. The number of pyridine rings is 4. The molecule has 0 unspecified atom stereocenters. The number of halogens is 4. The molecule has 0 N–H and O–H groups in total. The molecule has 4 heterocycles. The van der Waals surface area contributed by atoms with Crippen LogP contribution in [-0.4, -0.2) is 19.9 Å². The molecule has 280 valence electrons. The molecule has 0 saturated heterocycles. The quantitative estimate of drug-likeness (QED) is 0.102. The largest absolute Gasteiger partial charge is 0.310 e. The molecule has 6 nitrogen and oxygen atoms in total. The Kier molecular flexibility index (Phi) is 10.00. The molecular formula is C47H34F4N6. The van der Waals surface area contributed by atoms with Crippen molar-refractivity contribution in [3.05, 3.63) is 205 Å². The monoisotopic (exact) mass is 758 g/mol. The normalized spacial score (nSPS) is 11.3. The van der Waals surface area contributed by atoms with E-state index >= 15 is 8.78 Å². The van der Waals surface area contributed by atoms with Crippen LogP contribution in [0.1, 0.15) is 25.2 Å². The van der Waals surface area contributed by atoms with Crippen molar-refractivity contribution in [2.24, 2.45) is 0 Å². The molecule has 0 fully saturated rings. The lowest BCUT2D eigenvalue weighted by molar-refractivity contribution is 0.514. The fraction of sp³-hybridized carbons (Fsp3) is 0.0638. The molecule has 4 aromatic heterocycles. The van der Waals surface area contributed by atoms with Gasteiger partial charge in [0.1, 0.15) is 0 Å². The minimum absolute atomic E-state index is 0.00226. The fourth-order valence-electron chi connectivity index (χ4n) is 6.75. The maximum atomic E-state index is 15.5. The molecule has 10 heteroatoms. The maximum Gasteiger partial charge on any atom is 0.224 e. The molecule has 0 aliphatic rings. The summed E-state index contributed by atoms with van der Waals surface area (Å²) in [6.07, 6.45) is 0. The highest BCUT2D eigenvalue weighted by molar-refractivity contribution is 5.81. The third-order valence-electron chi connectivity index (χ3n) is 9.66. The van der Waals surface area contributed by atoms with Crippen LogP contribution in [0.4, 0.5) is 51.7 Å². The van der Waals surface area contributed by atoms with Gasteiger partial charge in [0.05, 0.1) is 45.3 Å². The molecule has 8 rings (SSSR count). The topological polar surface area (TPSA) is 58.0 Å². The molecule has 4 aromatic carbocycles. The van der Waals surface area contributed by atoms with Gasteiger partial charge in [0.2, 0.25) is 23.8 Å². The standard InChI is InChI=1S/C47H34F4N6/c1-47(2,41-29-35(27-39(52-41)37-23-25-43(48)54-45(37)50)56(31-15-7-3-8-16-31)32-17-9-4-10-18-32)42-30-36(28-40(53-42)38-24-26-44(49)55-46(38)51)57(33-19-11-5-12-20-33)34-21-13-6-14-22-34/h3-30H,1-2H3. The first kappa shape index (κ1) is 36.8. The number of hydrogen-bond donors (Lipinski definition) is 0. The number of nitrogens with zero attached hydrogens (tertiary/aromatic N) is 6. The molecule has 0 radical (unpaired) electrons. The van der Waals surface area contributed by atoms with E-state index in [4.69, 9.17) is 9.97 Å². The van der Waals surface area contributed by atoms with Crippen molar-refractivity contribution in [3.63, 3.8) is 0 Å². The first-order valence-electron chi connectivity index (χ1n) is 18.2. The van der Waals surface area contributed by atoms with Crippen molar-refractivity contribution in [3.8, 4) is 22.5 Å². The lowest BCUT2D eigenvalue weighted by Gasteiger charge is -2.31. The number of rotatable bonds is 10. The van der Waals surface area contributed by atoms with Gasteiger partial charge < -0.3 is 9.80 Å². The van der Waals surface area contributed by atoms with Crippen LogP contribution in [0.15, 0.2) is 170 Å². The van der Waals surface area contributed by atoms with E-state index in [1.807, 2.05) is 157 Å². The van der Waals surface area contributed by atoms with E-state index in [2.05, 4.69) is 9.97 Å². The number of para-hydroxylation sites is 4. The summed E-state index contributed by atoms with van der Waals surface area (Å²) in [6, 6.07) is 50.8. The molecular weight excluding hydrogens is 725 g/mol. The molecule has 0 bridgehead atoms. The Labute approximate surface area is 327 Å². The molecule has 0 saturated carbocycles. The van der Waals surface area contributed by atoms with E-state index in [1.54, 1.807) is 12.1 Å². The van der Waals surface area contributed by atoms with Gasteiger partial charge in [-0.2, -0.15) is 27.5 Å². The fourth-order valence-corrected chi connectivity index (χ4v) is 6.75. The van der Waals surface area contributed by atoms with Gasteiger partial charge in [0, 0.05) is 28.2 Å². The zero-order valence-electron chi connectivity index (χ0n) is 30.9. The van der Waals surface area contributed by atoms with E-state index < -0.39 is 29.2 Å². The number of aromatic nitrogens is 4. The highest BCUT2D eigenvalue weighted by Gasteiger charge is 2.31. The first-order chi connectivity index (χ1) is 27.7. The van der Waals surface area contributed by atoms with Crippen LogP contribution in [-0.2, 0) is 5.41 Å². The Morgan fingerprint density at radius 2 is 0.684 bits per heavy atom. The summed E-state index contributed by atoms with van der Waals surface area (Å²) < 4.78 is 59.4. The van der Waals surface area contributed by atoms with E-state index in [-0.39, 0.29) is 22.5 Å². The number of anilines is 6. The van der Waals surface area contributed by atoms with Gasteiger partial charge in [-0.05, 0) is 111 Å². The van der Waals surface area contributed by atoms with Crippen molar-refractivity contribution >= 4 is 34.1 Å². The maximum absolute atomic E-state index is 15.5. The third kappa shape index (κ3) is 7.57. The van der Waals surface area contributed by atoms with Gasteiger partial charge >= 0.3 is 0 Å². The van der Waals surface area contributed by atoms with Gasteiger partial charge in [-0.15, -0.1) is 0 Å². The van der Waals surface area contributed by atoms with Gasteiger partial charge in [0.25, 0.3) is 0 Å². The summed E-state index contributed by atoms with van der Waals surface area (Å²) in [4.78, 5) is 21.0. The zero-order valence-corrected chi connectivity index (χ0v) is 30.9. The Morgan fingerprint density at radius 3 is 0.982 bits per heavy atom. The average Bonchev–Trinajstić information content (AvgIpc) is 3.22. The second-order valence-corrected chi connectivity index (χ2v) is 13.8. The van der Waals surface area contributed by atoms with Crippen LogP contribution in [0.5, 0.6) is 0 Å². The van der Waals surface area contributed by atoms with Crippen molar-refractivity contribution in [1.82, 2.24) is 19.9 Å². The van der Waals surface area contributed by atoms with E-state index in [9.17, 15) is 8.78 Å². The van der Waals surface area contributed by atoms with E-state index in [0.717, 1.165) is 34.9 Å². The second kappa shape index (κ2) is 15.5. The summed E-state index contributed by atoms with van der Waals surface area (Å²) >= 11 is 0. The first-order valence-corrected chi connectivity index (χ1v) is 18.2. The van der Waals surface area contributed by atoms with Gasteiger partial charge in [-0.1, -0.05) is 72.8 Å². The molecule has 0 aliphatic heterocycles. The molecule has 0 aliphatic carbocycles. The summed E-state index contributed by atoms with van der Waals surface area (Å²) in [5.41, 5.74) is 4.83. The summed E-state index contributed by atoms with van der Waals surface area (Å²) in [5, 5.41) is 0. The van der Waals surface area contributed by atoms with Gasteiger partial charge in [-0.25, -0.2) is 0 Å². The highest BCUT2D eigenvalue weighted by Crippen LogP contribution is 2.43. The predicted molar refractivity (Wildman–Crippen MR) is 216 cm³/mol. The van der Waals surface area contributed by atoms with E-state index in [1.165, 1.54) is 12.1 Å². The Morgan fingerprint density at radius 1 is 0.368 bits per heavy atom. The molecule has 0 amide bonds. The summed E-state index contributed by atoms with van der Waals surface area (Å²) in [6.45, 7) is 3.84. The average molecular weight is 759 g/mol. The third-order valence-corrected chi connectivity index (χ3v) is 9.66. The summed E-state index contributed by atoms with van der Waals surface area (Å²) in [7, 11) is 0. The minimum atomic E-state index is -1.07. The highest BCUT2D eigenvalue weighted by atomic mass is 19.1. The van der Waals surface area contributed by atoms with Crippen LogP contribution in [0.25, 0.3) is 22.5 Å². The predicted octanol–water partition coefficient (Wildman–Crippen LogP) is 12.4. The minimum Gasteiger partial charge on any atom is -0.310 e. The second-order valence-electron chi connectivity index (χ2n) is 13.8. The van der Waals surface area contributed by atoms with Crippen molar-refractivity contribution in [1.29, 1.82) is 0 Å². The van der Waals surface area contributed by atoms with Crippen LogP contribution >= 0.6 is 0 Å². The SMILES string of the molecule is CC(C)(c1cc(N(c2ccccc2)c2ccccc2)cc(-c2ccc(F)nc2F)n1)c1cc(N(c2ccccc2)c2ccccc2)cc(-c2ccc(F)nc2F)n1. The smallest absolute Gasteiger partial charge is 0.224 e. The van der Waals surface area contributed by atoms with Gasteiger partial charge in [0.15, 0.2) is 0 Å². The Balaban J connectivity index is 1.39. The molecule has 0 spiro atoms. The molecule has 57 heavy (non-hydrogen) atoms. The van der Waals surface area contributed by atoms with Crippen LogP contribution < -0.4 is 9.80 Å². The Hall–Kier alpha value is -7.20. The van der Waals surface area contributed by atoms with Crippen LogP contribution in [0, 0.1) is 23.8 Å². The van der Waals surface area contributed by atoms with E-state index in [0.29, 0.717) is 22.8 Å². The number of hydrogen-bond acceptors (Lipinski definition) is 6. The number of benzene rings is 4. The van der Waals surface area contributed by atoms with Crippen molar-refractivity contribution < 1.29 is 17.6 Å². The summed E-state index contributed by atoms with van der Waals surface area (Å²) in [5.74, 6) is -3.95. The van der Waals surface area contributed by atoms with Crippen LogP contribution in [0.2, 0.25) is 0 Å². The van der Waals surface area contributed by atoms with Crippen molar-refractivity contribution in [2.75, 3.05) is 9.80 Å². The van der Waals surface area contributed by atoms with Gasteiger partial charge in [-0.3, -0.25) is 9.97 Å². The van der Waals surface area contributed by atoms with Crippen LogP contribution in [0.3, 0.4) is 0 Å².